The van der Waals surface area contributed by atoms with E-state index in [2.05, 4.69) is 36.3 Å². The highest BCUT2D eigenvalue weighted by Crippen LogP contribution is 2.13. The van der Waals surface area contributed by atoms with E-state index in [0.29, 0.717) is 0 Å². The van der Waals surface area contributed by atoms with Crippen molar-refractivity contribution in [2.24, 2.45) is 0 Å². The summed E-state index contributed by atoms with van der Waals surface area (Å²) >= 11 is 0. The molecule has 0 spiro atoms. The average molecular weight is 294 g/mol. The summed E-state index contributed by atoms with van der Waals surface area (Å²) in [6.07, 6.45) is 2.35. The molecular formula is C17H30N2O2. The minimum absolute atomic E-state index is 0.805. The molecule has 0 heterocycles. The standard InChI is InChI=1S/C17H30N2O2/c1-4-5-12-21-13-10-18-9-11-19(2)15-16-7-6-8-17(14-16)20-3/h6-8,14,18H,4-5,9-13,15H2,1-3H3. The molecule has 0 bridgehead atoms. The van der Waals surface area contributed by atoms with Gasteiger partial charge < -0.3 is 19.7 Å². The highest BCUT2D eigenvalue weighted by molar-refractivity contribution is 5.28. The van der Waals surface area contributed by atoms with Crippen molar-refractivity contribution >= 4 is 0 Å². The zero-order valence-corrected chi connectivity index (χ0v) is 13.7. The lowest BCUT2D eigenvalue weighted by Gasteiger charge is -2.17. The number of likely N-dealkylation sites (N-methyl/N-ethyl adjacent to an activating group) is 1. The highest BCUT2D eigenvalue weighted by atomic mass is 16.5. The Balaban J connectivity index is 2.07. The molecule has 1 aromatic rings. The van der Waals surface area contributed by atoms with Crippen molar-refractivity contribution in [2.75, 3.05) is 47.0 Å². The van der Waals surface area contributed by atoms with Gasteiger partial charge in [-0.3, -0.25) is 0 Å². The third kappa shape index (κ3) is 8.71. The number of rotatable bonds is 12. The largest absolute Gasteiger partial charge is 0.497 e. The first-order valence-corrected chi connectivity index (χ1v) is 7.86. The molecule has 0 radical (unpaired) electrons. The van der Waals surface area contributed by atoms with Gasteiger partial charge in [-0.25, -0.2) is 0 Å². The quantitative estimate of drug-likeness (QED) is 0.601. The highest BCUT2D eigenvalue weighted by Gasteiger charge is 2.01. The van der Waals surface area contributed by atoms with Gasteiger partial charge in [0, 0.05) is 32.8 Å². The minimum atomic E-state index is 0.805. The molecule has 0 aliphatic heterocycles. The van der Waals surface area contributed by atoms with Gasteiger partial charge >= 0.3 is 0 Å². The normalized spacial score (nSPS) is 11.0. The number of unbranched alkanes of at least 4 members (excludes halogenated alkanes) is 1. The van der Waals surface area contributed by atoms with E-state index in [1.807, 2.05) is 12.1 Å². The molecule has 0 aromatic heterocycles. The average Bonchev–Trinajstić information content (AvgIpc) is 2.50. The second-order valence-corrected chi connectivity index (χ2v) is 5.31. The first kappa shape index (κ1) is 18.0. The molecule has 4 nitrogen and oxygen atoms in total. The van der Waals surface area contributed by atoms with Crippen LogP contribution in [0.5, 0.6) is 5.75 Å². The lowest BCUT2D eigenvalue weighted by Crippen LogP contribution is -2.30. The molecule has 0 unspecified atom stereocenters. The number of ether oxygens (including phenoxy) is 2. The number of nitrogens with zero attached hydrogens (tertiary/aromatic N) is 1. The van der Waals surface area contributed by atoms with Crippen LogP contribution in [0, 0.1) is 0 Å². The molecule has 1 N–H and O–H groups in total. The fourth-order valence-electron chi connectivity index (χ4n) is 2.05. The number of hydrogen-bond donors (Lipinski definition) is 1. The van der Waals surface area contributed by atoms with Crippen molar-refractivity contribution in [1.29, 1.82) is 0 Å². The Hall–Kier alpha value is -1.10. The molecule has 21 heavy (non-hydrogen) atoms. The van der Waals surface area contributed by atoms with E-state index in [-0.39, 0.29) is 0 Å². The molecule has 0 aliphatic rings. The Labute approximate surface area is 129 Å². The van der Waals surface area contributed by atoms with Crippen LogP contribution in [0.1, 0.15) is 25.3 Å². The summed E-state index contributed by atoms with van der Waals surface area (Å²) < 4.78 is 10.8. The minimum Gasteiger partial charge on any atom is -0.497 e. The summed E-state index contributed by atoms with van der Waals surface area (Å²) in [5.74, 6) is 0.920. The van der Waals surface area contributed by atoms with Crippen LogP contribution in [0.15, 0.2) is 24.3 Å². The van der Waals surface area contributed by atoms with Crippen molar-refractivity contribution < 1.29 is 9.47 Å². The van der Waals surface area contributed by atoms with Crippen LogP contribution in [-0.2, 0) is 11.3 Å². The van der Waals surface area contributed by atoms with Gasteiger partial charge in [0.1, 0.15) is 5.75 Å². The van der Waals surface area contributed by atoms with E-state index in [4.69, 9.17) is 9.47 Å². The van der Waals surface area contributed by atoms with Gasteiger partial charge in [-0.05, 0) is 31.2 Å². The summed E-state index contributed by atoms with van der Waals surface area (Å²) in [7, 11) is 3.84. The van der Waals surface area contributed by atoms with E-state index in [0.717, 1.165) is 51.6 Å². The molecular weight excluding hydrogens is 264 g/mol. The van der Waals surface area contributed by atoms with Crippen LogP contribution >= 0.6 is 0 Å². The van der Waals surface area contributed by atoms with Crippen LogP contribution in [0.25, 0.3) is 0 Å². The third-order valence-electron chi connectivity index (χ3n) is 3.32. The monoisotopic (exact) mass is 294 g/mol. The molecule has 0 saturated heterocycles. The summed E-state index contributed by atoms with van der Waals surface area (Å²) in [6.45, 7) is 7.74. The number of nitrogens with one attached hydrogen (secondary N) is 1. The molecule has 0 amide bonds. The third-order valence-corrected chi connectivity index (χ3v) is 3.32. The van der Waals surface area contributed by atoms with Crippen LogP contribution in [0.4, 0.5) is 0 Å². The van der Waals surface area contributed by atoms with Gasteiger partial charge in [0.25, 0.3) is 0 Å². The number of benzene rings is 1. The maximum absolute atomic E-state index is 5.51. The molecule has 0 aliphatic carbocycles. The summed E-state index contributed by atoms with van der Waals surface area (Å²) in [6, 6.07) is 8.23. The Morgan fingerprint density at radius 2 is 2.05 bits per heavy atom. The molecule has 0 saturated carbocycles. The van der Waals surface area contributed by atoms with Gasteiger partial charge in [-0.1, -0.05) is 25.5 Å². The SMILES string of the molecule is CCCCOCCNCCN(C)Cc1cccc(OC)c1. The number of hydrogen-bond acceptors (Lipinski definition) is 4. The predicted molar refractivity (Wildman–Crippen MR) is 87.9 cm³/mol. The molecule has 4 heteroatoms. The zero-order valence-electron chi connectivity index (χ0n) is 13.7. The lowest BCUT2D eigenvalue weighted by atomic mass is 10.2. The Bertz CT molecular complexity index is 372. The van der Waals surface area contributed by atoms with Crippen molar-refractivity contribution in [3.63, 3.8) is 0 Å². The van der Waals surface area contributed by atoms with Crippen LogP contribution < -0.4 is 10.1 Å². The van der Waals surface area contributed by atoms with Crippen molar-refractivity contribution in [1.82, 2.24) is 10.2 Å². The van der Waals surface area contributed by atoms with Gasteiger partial charge in [0.05, 0.1) is 13.7 Å². The zero-order chi connectivity index (χ0) is 15.3. The fourth-order valence-corrected chi connectivity index (χ4v) is 2.05. The maximum Gasteiger partial charge on any atom is 0.119 e. The van der Waals surface area contributed by atoms with Crippen LogP contribution in [0.3, 0.4) is 0 Å². The second kappa shape index (κ2) is 11.5. The van der Waals surface area contributed by atoms with Crippen molar-refractivity contribution in [2.45, 2.75) is 26.3 Å². The molecule has 120 valence electrons. The predicted octanol–water partition coefficient (Wildman–Crippen LogP) is 2.53. The molecule has 0 atom stereocenters. The summed E-state index contributed by atoms with van der Waals surface area (Å²) in [4.78, 5) is 2.31. The van der Waals surface area contributed by atoms with Crippen molar-refractivity contribution in [3.8, 4) is 5.75 Å². The fraction of sp³-hybridized carbons (Fsp3) is 0.647. The Kier molecular flexibility index (Phi) is 9.87. The van der Waals surface area contributed by atoms with E-state index >= 15 is 0 Å². The van der Waals surface area contributed by atoms with Crippen molar-refractivity contribution in [3.05, 3.63) is 29.8 Å². The van der Waals surface area contributed by atoms with Gasteiger partial charge in [0.15, 0.2) is 0 Å². The van der Waals surface area contributed by atoms with E-state index in [9.17, 15) is 0 Å². The second-order valence-electron chi connectivity index (χ2n) is 5.31. The van der Waals surface area contributed by atoms with E-state index in [1.165, 1.54) is 12.0 Å². The smallest absolute Gasteiger partial charge is 0.119 e. The molecule has 1 aromatic carbocycles. The summed E-state index contributed by atoms with van der Waals surface area (Å²) in [5.41, 5.74) is 1.28. The van der Waals surface area contributed by atoms with E-state index < -0.39 is 0 Å². The number of methoxy groups -OCH3 is 1. The lowest BCUT2D eigenvalue weighted by molar-refractivity contribution is 0.132. The van der Waals surface area contributed by atoms with Gasteiger partial charge in [-0.15, -0.1) is 0 Å². The van der Waals surface area contributed by atoms with Gasteiger partial charge in [-0.2, -0.15) is 0 Å². The molecule has 1 rings (SSSR count). The van der Waals surface area contributed by atoms with Crippen LogP contribution in [0.2, 0.25) is 0 Å². The van der Waals surface area contributed by atoms with E-state index in [1.54, 1.807) is 7.11 Å². The topological polar surface area (TPSA) is 33.7 Å². The first-order chi connectivity index (χ1) is 10.3. The summed E-state index contributed by atoms with van der Waals surface area (Å²) in [5, 5.41) is 3.41. The first-order valence-electron chi connectivity index (χ1n) is 7.86. The van der Waals surface area contributed by atoms with Crippen LogP contribution in [-0.4, -0.2) is 51.9 Å². The van der Waals surface area contributed by atoms with Gasteiger partial charge in [0.2, 0.25) is 0 Å². The Morgan fingerprint density at radius 3 is 2.81 bits per heavy atom. The Morgan fingerprint density at radius 1 is 1.19 bits per heavy atom. The molecule has 0 fully saturated rings. The maximum atomic E-state index is 5.51.